The maximum Gasteiger partial charge on any atom is 0.135 e. The largest absolute Gasteiger partial charge is 0.509 e. The third-order valence-corrected chi connectivity index (χ3v) is 10.6. The number of benzene rings is 6. The second kappa shape index (κ2) is 15.5. The molecule has 5 nitrogen and oxygen atoms in total. The molecule has 9 rings (SSSR count). The molecule has 0 atom stereocenters. The van der Waals surface area contributed by atoms with Crippen molar-refractivity contribution in [3.8, 4) is 28.4 Å². The van der Waals surface area contributed by atoms with Gasteiger partial charge >= 0.3 is 0 Å². The smallest absolute Gasteiger partial charge is 0.135 e. The van der Waals surface area contributed by atoms with Crippen LogP contribution in [0.5, 0.6) is 11.5 Å². The van der Waals surface area contributed by atoms with Gasteiger partial charge in [0.05, 0.1) is 0 Å². The molecule has 58 heavy (non-hydrogen) atoms. The van der Waals surface area contributed by atoms with E-state index >= 15 is 0 Å². The molecule has 0 spiro atoms. The van der Waals surface area contributed by atoms with E-state index in [4.69, 9.17) is 9.72 Å². The Morgan fingerprint density at radius 2 is 1.28 bits per heavy atom. The third-order valence-electron chi connectivity index (χ3n) is 10.6. The maximum atomic E-state index is 6.60. The van der Waals surface area contributed by atoms with Gasteiger partial charge < -0.3 is 19.1 Å². The van der Waals surface area contributed by atoms with Crippen LogP contribution in [0.25, 0.3) is 44.4 Å². The number of hydrogen-bond acceptors (Lipinski definition) is 4. The predicted octanol–water partition coefficient (Wildman–Crippen LogP) is 13.3. The predicted molar refractivity (Wildman–Crippen MR) is 236 cm³/mol. The number of nitrogens with zero attached hydrogens (tertiary/aromatic N) is 4. The average Bonchev–Trinajstić information content (AvgIpc) is 3.81. The summed E-state index contributed by atoms with van der Waals surface area (Å²) in [6.07, 6.45) is 4.10. The molecule has 1 aliphatic rings. The first-order valence-corrected chi connectivity index (χ1v) is 19.5. The summed E-state index contributed by atoms with van der Waals surface area (Å²) >= 11 is 0. The summed E-state index contributed by atoms with van der Waals surface area (Å²) in [5.74, 6) is 2.05. The van der Waals surface area contributed by atoms with Crippen molar-refractivity contribution in [2.45, 2.75) is 52.4 Å². The molecular weight excluding hydrogens is 892 g/mol. The molecule has 0 saturated carbocycles. The topological polar surface area (TPSA) is 33.5 Å². The first-order valence-electron chi connectivity index (χ1n) is 19.5. The summed E-state index contributed by atoms with van der Waals surface area (Å²) in [5, 5.41) is 2.24. The van der Waals surface area contributed by atoms with Gasteiger partial charge in [-0.25, -0.2) is 4.98 Å². The first-order chi connectivity index (χ1) is 27.5. The molecule has 0 N–H and O–H groups in total. The van der Waals surface area contributed by atoms with Gasteiger partial charge in [0.1, 0.15) is 5.82 Å². The van der Waals surface area contributed by atoms with Crippen molar-refractivity contribution >= 4 is 38.9 Å². The van der Waals surface area contributed by atoms with E-state index in [1.54, 1.807) is 0 Å². The minimum absolute atomic E-state index is 0. The fourth-order valence-electron chi connectivity index (χ4n) is 7.49. The zero-order valence-corrected chi connectivity index (χ0v) is 35.9. The van der Waals surface area contributed by atoms with Crippen LogP contribution >= 0.6 is 0 Å². The SMILES string of the molecule is CC(C)(C)c1cc(-c2ccccc2)cc(N2C=C(c3ccccc3)N(c3[c-]c(Oc4[c-]c5c(cc4)c4ccccc4n5-c4cc(C(C)(C)C)ccn4)ccc3)[CH-]2)c1.[Pt]. The molecule has 8 aromatic rings. The molecule has 0 aliphatic carbocycles. The van der Waals surface area contributed by atoms with Crippen LogP contribution in [0.15, 0.2) is 158 Å². The summed E-state index contributed by atoms with van der Waals surface area (Å²) in [5.41, 5.74) is 10.9. The van der Waals surface area contributed by atoms with Crippen LogP contribution in [-0.2, 0) is 31.9 Å². The van der Waals surface area contributed by atoms with Crippen molar-refractivity contribution in [2.24, 2.45) is 0 Å². The molecule has 0 saturated heterocycles. The van der Waals surface area contributed by atoms with Gasteiger partial charge in [-0.2, -0.15) is 12.1 Å². The number of para-hydroxylation sites is 1. The van der Waals surface area contributed by atoms with E-state index in [-0.39, 0.29) is 31.9 Å². The van der Waals surface area contributed by atoms with Crippen LogP contribution in [-0.4, -0.2) is 9.55 Å². The first kappa shape index (κ1) is 38.9. The molecule has 3 heterocycles. The summed E-state index contributed by atoms with van der Waals surface area (Å²) in [6.45, 7) is 15.6. The van der Waals surface area contributed by atoms with Gasteiger partial charge in [0, 0.05) is 55.7 Å². The van der Waals surface area contributed by atoms with Gasteiger partial charge in [-0.05, 0) is 80.6 Å². The number of aromatic nitrogens is 2. The second-order valence-electron chi connectivity index (χ2n) is 16.8. The molecule has 6 heteroatoms. The zero-order valence-electron chi connectivity index (χ0n) is 33.6. The van der Waals surface area contributed by atoms with Gasteiger partial charge in [0.2, 0.25) is 0 Å². The number of hydrogen-bond donors (Lipinski definition) is 0. The number of fused-ring (bicyclic) bond motifs is 3. The number of anilines is 2. The van der Waals surface area contributed by atoms with Gasteiger partial charge in [-0.1, -0.05) is 132 Å². The zero-order chi connectivity index (χ0) is 39.3. The van der Waals surface area contributed by atoms with Gasteiger partial charge in [0.15, 0.2) is 0 Å². The van der Waals surface area contributed by atoms with E-state index < -0.39 is 0 Å². The summed E-state index contributed by atoms with van der Waals surface area (Å²) in [7, 11) is 0. The minimum Gasteiger partial charge on any atom is -0.509 e. The summed E-state index contributed by atoms with van der Waals surface area (Å²) < 4.78 is 8.79. The Balaban J connectivity index is 0.00000469. The Kier molecular flexibility index (Phi) is 10.4. The van der Waals surface area contributed by atoms with Crippen molar-refractivity contribution in [1.82, 2.24) is 9.55 Å². The van der Waals surface area contributed by atoms with Crippen LogP contribution in [0, 0.1) is 18.8 Å². The van der Waals surface area contributed by atoms with E-state index in [0.29, 0.717) is 11.5 Å². The molecule has 292 valence electrons. The number of ether oxygens (including phenoxy) is 1. The van der Waals surface area contributed by atoms with Crippen LogP contribution in [0.2, 0.25) is 0 Å². The normalized spacial score (nSPS) is 13.2. The fourth-order valence-corrected chi connectivity index (χ4v) is 7.49. The molecule has 0 amide bonds. The number of pyridine rings is 1. The third kappa shape index (κ3) is 7.60. The molecule has 0 fully saturated rings. The molecular formula is C52H45N4OPt-3. The van der Waals surface area contributed by atoms with Crippen molar-refractivity contribution in [3.05, 3.63) is 193 Å². The Morgan fingerprint density at radius 1 is 0.586 bits per heavy atom. The van der Waals surface area contributed by atoms with Crippen LogP contribution in [0.1, 0.15) is 58.2 Å². The van der Waals surface area contributed by atoms with Crippen LogP contribution in [0.3, 0.4) is 0 Å². The van der Waals surface area contributed by atoms with Crippen molar-refractivity contribution in [3.63, 3.8) is 0 Å². The van der Waals surface area contributed by atoms with Crippen LogP contribution < -0.4 is 14.5 Å². The molecule has 2 aromatic heterocycles. The Morgan fingerprint density at radius 3 is 2.02 bits per heavy atom. The second-order valence-corrected chi connectivity index (χ2v) is 16.8. The van der Waals surface area contributed by atoms with Crippen molar-refractivity contribution < 1.29 is 25.8 Å². The van der Waals surface area contributed by atoms with Gasteiger partial charge in [0.25, 0.3) is 0 Å². The van der Waals surface area contributed by atoms with Crippen molar-refractivity contribution in [2.75, 3.05) is 9.80 Å². The van der Waals surface area contributed by atoms with E-state index in [9.17, 15) is 0 Å². The van der Waals surface area contributed by atoms with Gasteiger partial charge in [-0.15, -0.1) is 48.1 Å². The molecule has 0 unspecified atom stereocenters. The fraction of sp³-hybridized carbons (Fsp3) is 0.154. The standard InChI is InChI=1S/C52H45N4O.Pt/c1-51(2,3)39-26-27-53-50(31-39)56-47-23-14-13-22-45(47)46-25-24-44(33-48(46)56)57-43-21-15-20-41(32-43)55-35-54(34-49(55)37-18-11-8-12-19-37)42-29-38(36-16-9-7-10-17-36)28-40(30-42)52(4,5)6;/h7-31,34-35H,1-6H3;/q-3;. The van der Waals surface area contributed by atoms with E-state index in [1.165, 1.54) is 22.3 Å². The molecule has 0 bridgehead atoms. The Hall–Kier alpha value is -5.90. The van der Waals surface area contributed by atoms with Crippen molar-refractivity contribution in [1.29, 1.82) is 0 Å². The average molecular weight is 937 g/mol. The van der Waals surface area contributed by atoms with E-state index in [1.807, 2.05) is 24.4 Å². The minimum atomic E-state index is -0.0360. The van der Waals surface area contributed by atoms with E-state index in [0.717, 1.165) is 50.3 Å². The Labute approximate surface area is 356 Å². The quantitative estimate of drug-likeness (QED) is 0.149. The van der Waals surface area contributed by atoms with E-state index in [2.05, 4.69) is 208 Å². The Bertz CT molecular complexity index is 2780. The monoisotopic (exact) mass is 936 g/mol. The summed E-state index contributed by atoms with van der Waals surface area (Å²) in [6, 6.07) is 58.1. The van der Waals surface area contributed by atoms with Crippen LogP contribution in [0.4, 0.5) is 11.4 Å². The van der Waals surface area contributed by atoms with Gasteiger partial charge in [-0.3, -0.25) is 0 Å². The molecule has 6 aromatic carbocycles. The summed E-state index contributed by atoms with van der Waals surface area (Å²) in [4.78, 5) is 9.24. The molecule has 1 aliphatic heterocycles. The molecule has 0 radical (unpaired) electrons. The maximum absolute atomic E-state index is 6.60. The number of rotatable bonds is 7.